The van der Waals surface area contributed by atoms with E-state index in [0.29, 0.717) is 39.2 Å². The third kappa shape index (κ3) is 6.29. The van der Waals surface area contributed by atoms with Gasteiger partial charge in [-0.15, -0.1) is 0 Å². The molecule has 1 fully saturated rings. The number of aromatic nitrogens is 3. The number of nitriles is 1. The summed E-state index contributed by atoms with van der Waals surface area (Å²) in [6, 6.07) is 14.7. The van der Waals surface area contributed by atoms with Crippen LogP contribution in [0.15, 0.2) is 77.1 Å². The third-order valence-corrected chi connectivity index (χ3v) is 8.17. The summed E-state index contributed by atoms with van der Waals surface area (Å²) in [7, 11) is -3.26. The molecule has 10 nitrogen and oxygen atoms in total. The molecule has 216 valence electrons. The number of hydrogen-bond acceptors (Lipinski definition) is 9. The molecule has 0 atom stereocenters. The van der Waals surface area contributed by atoms with Crippen LogP contribution < -0.4 is 10.6 Å². The minimum atomic E-state index is -3.26. The lowest BCUT2D eigenvalue weighted by Crippen LogP contribution is -2.46. The van der Waals surface area contributed by atoms with Gasteiger partial charge in [0.15, 0.2) is 9.84 Å². The number of halogens is 2. The zero-order valence-electron chi connectivity index (χ0n) is 22.7. The van der Waals surface area contributed by atoms with Gasteiger partial charge >= 0.3 is 6.55 Å². The molecular formula is C29H28F2N8O2S. The summed E-state index contributed by atoms with van der Waals surface area (Å²) < 4.78 is 50.7. The van der Waals surface area contributed by atoms with Crippen molar-refractivity contribution < 1.29 is 17.2 Å². The zero-order valence-corrected chi connectivity index (χ0v) is 23.5. The molecule has 0 unspecified atom stereocenters. The van der Waals surface area contributed by atoms with Crippen LogP contribution in [0.3, 0.4) is 0 Å². The Balaban J connectivity index is 1.34. The molecule has 1 aliphatic heterocycles. The van der Waals surface area contributed by atoms with Crippen molar-refractivity contribution >= 4 is 33.0 Å². The smallest absolute Gasteiger partial charge is 0.331 e. The second-order valence-corrected chi connectivity index (χ2v) is 11.9. The molecule has 0 spiro atoms. The van der Waals surface area contributed by atoms with E-state index >= 15 is 0 Å². The van der Waals surface area contributed by atoms with E-state index in [4.69, 9.17) is 10.7 Å². The highest BCUT2D eigenvalue weighted by Crippen LogP contribution is 2.31. The van der Waals surface area contributed by atoms with Gasteiger partial charge < -0.3 is 10.6 Å². The van der Waals surface area contributed by atoms with Crippen molar-refractivity contribution in [2.24, 2.45) is 10.7 Å². The number of alkyl halides is 2. The highest BCUT2D eigenvalue weighted by molar-refractivity contribution is 7.90. The van der Waals surface area contributed by atoms with Crippen LogP contribution in [0.1, 0.15) is 16.7 Å². The van der Waals surface area contributed by atoms with Crippen molar-refractivity contribution in [3.63, 3.8) is 0 Å². The number of anilines is 1. The molecule has 3 aromatic heterocycles. The number of fused-ring (bicyclic) bond motifs is 1. The Morgan fingerprint density at radius 1 is 1.17 bits per heavy atom. The largest absolute Gasteiger partial charge is 0.404 e. The van der Waals surface area contributed by atoms with Gasteiger partial charge in [-0.3, -0.25) is 4.90 Å². The molecule has 42 heavy (non-hydrogen) atoms. The highest BCUT2D eigenvalue weighted by Gasteiger charge is 2.20. The predicted octanol–water partition coefficient (Wildman–Crippen LogP) is 3.59. The van der Waals surface area contributed by atoms with Crippen molar-refractivity contribution in [2.45, 2.75) is 18.0 Å². The molecule has 0 bridgehead atoms. The van der Waals surface area contributed by atoms with E-state index < -0.39 is 16.4 Å². The van der Waals surface area contributed by atoms with E-state index in [9.17, 15) is 22.5 Å². The first-order valence-electron chi connectivity index (χ1n) is 13.0. The number of nitrogens with zero attached hydrogens (tertiary/aromatic N) is 7. The minimum absolute atomic E-state index is 0.276. The predicted molar refractivity (Wildman–Crippen MR) is 157 cm³/mol. The monoisotopic (exact) mass is 590 g/mol. The van der Waals surface area contributed by atoms with E-state index in [2.05, 4.69) is 26.0 Å². The molecule has 4 aromatic rings. The Kier molecular flexibility index (Phi) is 8.28. The standard InChI is InChI=1S/C29H28F2N8O2S/c1-42(40,41)25-4-2-3-20(11-25)18-37-7-9-38(10-8-37)27-6-5-21(15-34-27)26-12-22(23(13-32)16-35-29(30)31)19-39-28(26)24(14-33)17-36-39/h2-6,11-13,15-17,19,29H,7-10,18,32H2,1H3. The van der Waals surface area contributed by atoms with Crippen LogP contribution in [0, 0.1) is 11.3 Å². The van der Waals surface area contributed by atoms with Crippen LogP contribution in [0.2, 0.25) is 0 Å². The normalized spacial score (nSPS) is 15.1. The van der Waals surface area contributed by atoms with Gasteiger partial charge in [-0.25, -0.2) is 22.9 Å². The van der Waals surface area contributed by atoms with Gasteiger partial charge in [0, 0.05) is 86.1 Å². The van der Waals surface area contributed by atoms with Gasteiger partial charge in [0.25, 0.3) is 0 Å². The Morgan fingerprint density at radius 2 is 1.95 bits per heavy atom. The lowest BCUT2D eigenvalue weighted by Gasteiger charge is -2.35. The Hall–Kier alpha value is -4.67. The Morgan fingerprint density at radius 3 is 2.60 bits per heavy atom. The Bertz CT molecular complexity index is 1800. The number of hydrogen-bond donors (Lipinski definition) is 1. The maximum Gasteiger partial charge on any atom is 0.331 e. The summed E-state index contributed by atoms with van der Waals surface area (Å²) in [4.78, 5) is 12.6. The summed E-state index contributed by atoms with van der Waals surface area (Å²) in [6.07, 6.45) is 8.17. The first-order valence-corrected chi connectivity index (χ1v) is 14.9. The highest BCUT2D eigenvalue weighted by atomic mass is 32.2. The van der Waals surface area contributed by atoms with Gasteiger partial charge in [-0.2, -0.15) is 19.1 Å². The number of sulfone groups is 1. The van der Waals surface area contributed by atoms with E-state index in [1.165, 1.54) is 23.2 Å². The molecule has 0 amide bonds. The van der Waals surface area contributed by atoms with Crippen LogP contribution in [-0.2, 0) is 16.4 Å². The number of nitrogens with two attached hydrogens (primary N) is 1. The molecule has 2 N–H and O–H groups in total. The van der Waals surface area contributed by atoms with Crippen LogP contribution in [0.25, 0.3) is 22.2 Å². The number of allylic oxidation sites excluding steroid dienone is 1. The summed E-state index contributed by atoms with van der Waals surface area (Å²) in [6.45, 7) is 0.836. The molecule has 0 aliphatic carbocycles. The SMILES string of the molecule is CS(=O)(=O)c1cccc(CN2CCN(c3ccc(-c4cc(C(C=NC(F)F)=CN)cn5ncc(C#N)c45)cn3)CC2)c1. The van der Waals surface area contributed by atoms with Gasteiger partial charge in [0.05, 0.1) is 22.2 Å². The molecule has 1 saturated heterocycles. The van der Waals surface area contributed by atoms with Gasteiger partial charge in [-0.05, 0) is 35.9 Å². The number of benzene rings is 1. The average Bonchev–Trinajstić information content (AvgIpc) is 3.40. The fourth-order valence-electron chi connectivity index (χ4n) is 4.93. The van der Waals surface area contributed by atoms with Crippen molar-refractivity contribution in [1.82, 2.24) is 19.5 Å². The minimum Gasteiger partial charge on any atom is -0.404 e. The van der Waals surface area contributed by atoms with Crippen LogP contribution >= 0.6 is 0 Å². The number of rotatable bonds is 8. The van der Waals surface area contributed by atoms with Gasteiger partial charge in [0.1, 0.15) is 11.9 Å². The molecule has 0 radical (unpaired) electrons. The van der Waals surface area contributed by atoms with E-state index in [1.54, 1.807) is 36.7 Å². The average molecular weight is 591 g/mol. The lowest BCUT2D eigenvalue weighted by molar-refractivity contribution is 0.161. The van der Waals surface area contributed by atoms with Crippen LogP contribution in [0.5, 0.6) is 0 Å². The molecular weight excluding hydrogens is 562 g/mol. The molecule has 1 aromatic carbocycles. The number of piperazine rings is 1. The van der Waals surface area contributed by atoms with Crippen molar-refractivity contribution in [3.8, 4) is 17.2 Å². The first-order chi connectivity index (χ1) is 20.2. The Labute approximate surface area is 241 Å². The molecule has 1 aliphatic rings. The summed E-state index contributed by atoms with van der Waals surface area (Å²) in [5.41, 5.74) is 9.72. The van der Waals surface area contributed by atoms with Crippen molar-refractivity contribution in [3.05, 3.63) is 83.9 Å². The summed E-state index contributed by atoms with van der Waals surface area (Å²) in [5, 5.41) is 13.9. The van der Waals surface area contributed by atoms with Crippen LogP contribution in [0.4, 0.5) is 14.6 Å². The van der Waals surface area contributed by atoms with E-state index in [0.717, 1.165) is 43.8 Å². The number of pyridine rings is 2. The maximum absolute atomic E-state index is 12.7. The molecule has 0 saturated carbocycles. The van der Waals surface area contributed by atoms with Gasteiger partial charge in [0.2, 0.25) is 0 Å². The third-order valence-electron chi connectivity index (χ3n) is 7.06. The lowest BCUT2D eigenvalue weighted by atomic mass is 10.0. The summed E-state index contributed by atoms with van der Waals surface area (Å²) in [5.74, 6) is 0.797. The molecule has 4 heterocycles. The van der Waals surface area contributed by atoms with Gasteiger partial charge in [-0.1, -0.05) is 12.1 Å². The maximum atomic E-state index is 12.7. The zero-order chi connectivity index (χ0) is 29.9. The molecule has 13 heteroatoms. The van der Waals surface area contributed by atoms with E-state index in [1.807, 2.05) is 18.2 Å². The fraction of sp³-hybridized carbons (Fsp3) is 0.241. The van der Waals surface area contributed by atoms with Crippen molar-refractivity contribution in [2.75, 3.05) is 37.3 Å². The van der Waals surface area contributed by atoms with Crippen molar-refractivity contribution in [1.29, 1.82) is 5.26 Å². The topological polar surface area (TPSA) is 133 Å². The summed E-state index contributed by atoms with van der Waals surface area (Å²) >= 11 is 0. The fourth-order valence-corrected chi connectivity index (χ4v) is 5.62. The molecule has 5 rings (SSSR count). The second kappa shape index (κ2) is 12.1. The van der Waals surface area contributed by atoms with E-state index in [-0.39, 0.29) is 5.57 Å². The first kappa shape index (κ1) is 28.8. The number of aliphatic imine (C=N–C) groups is 1. The quantitative estimate of drug-likeness (QED) is 0.243. The van der Waals surface area contributed by atoms with Crippen LogP contribution in [-0.4, -0.2) is 73.1 Å². The second-order valence-electron chi connectivity index (χ2n) is 9.87.